The third-order valence-corrected chi connectivity index (χ3v) is 1.79. The van der Waals surface area contributed by atoms with Crippen molar-refractivity contribution in [1.29, 1.82) is 5.26 Å². The minimum absolute atomic E-state index is 0.105. The Morgan fingerprint density at radius 2 is 2.00 bits per heavy atom. The van der Waals surface area contributed by atoms with E-state index < -0.39 is 0 Å². The molecular formula is C10H15N3O. The molecule has 0 bridgehead atoms. The molecule has 0 radical (unpaired) electrons. The number of hydrogen-bond acceptors (Lipinski definition) is 3. The maximum Gasteiger partial charge on any atom is 0.261 e. The quantitative estimate of drug-likeness (QED) is 0.406. The third kappa shape index (κ3) is 3.76. The molecule has 0 aromatic carbocycles. The zero-order valence-electron chi connectivity index (χ0n) is 8.96. The molecule has 1 N–H and O–H groups in total. The van der Waals surface area contributed by atoms with Gasteiger partial charge in [-0.05, 0) is 19.1 Å². The Balaban J connectivity index is 4.73. The van der Waals surface area contributed by atoms with Gasteiger partial charge in [0, 0.05) is 26.8 Å². The zero-order chi connectivity index (χ0) is 11.1. The number of hydrogen-bond donors (Lipinski definition) is 1. The summed E-state index contributed by atoms with van der Waals surface area (Å²) >= 11 is 0. The van der Waals surface area contributed by atoms with E-state index in [0.717, 1.165) is 5.70 Å². The lowest BCUT2D eigenvalue weighted by atomic mass is 10.2. The predicted octanol–water partition coefficient (Wildman–Crippen LogP) is 0.648. The fourth-order valence-electron chi connectivity index (χ4n) is 0.651. The van der Waals surface area contributed by atoms with Gasteiger partial charge in [0.1, 0.15) is 11.6 Å². The number of amides is 1. The van der Waals surface area contributed by atoms with Crippen molar-refractivity contribution in [3.8, 4) is 6.07 Å². The van der Waals surface area contributed by atoms with Gasteiger partial charge in [-0.2, -0.15) is 5.26 Å². The van der Waals surface area contributed by atoms with Crippen LogP contribution in [-0.4, -0.2) is 32.0 Å². The summed E-state index contributed by atoms with van der Waals surface area (Å²) in [7, 11) is 5.28. The normalized spacial score (nSPS) is 11.9. The van der Waals surface area contributed by atoms with Crippen LogP contribution in [0.1, 0.15) is 6.92 Å². The van der Waals surface area contributed by atoms with E-state index in [-0.39, 0.29) is 11.5 Å². The minimum atomic E-state index is -0.365. The molecule has 4 nitrogen and oxygen atoms in total. The van der Waals surface area contributed by atoms with E-state index in [1.54, 1.807) is 6.08 Å². The van der Waals surface area contributed by atoms with Crippen LogP contribution in [0.3, 0.4) is 0 Å². The molecule has 0 saturated heterocycles. The van der Waals surface area contributed by atoms with Crippen LogP contribution in [0.15, 0.2) is 23.4 Å². The summed E-state index contributed by atoms with van der Waals surface area (Å²) in [6, 6.07) is 1.83. The number of rotatable bonds is 3. The number of carbonyl (C=O) groups is 1. The Morgan fingerprint density at radius 1 is 1.43 bits per heavy atom. The Bertz CT molecular complexity index is 308. The van der Waals surface area contributed by atoms with Crippen molar-refractivity contribution in [2.24, 2.45) is 0 Å². The SMILES string of the molecule is CNC(=O)C(C#N)=CC=C(C)N(C)C. The van der Waals surface area contributed by atoms with Crippen molar-refractivity contribution < 1.29 is 4.79 Å². The lowest BCUT2D eigenvalue weighted by Gasteiger charge is -2.11. The predicted molar refractivity (Wildman–Crippen MR) is 55.2 cm³/mol. The summed E-state index contributed by atoms with van der Waals surface area (Å²) in [6.07, 6.45) is 3.24. The van der Waals surface area contributed by atoms with Crippen LogP contribution in [0, 0.1) is 11.3 Å². The highest BCUT2D eigenvalue weighted by Gasteiger charge is 2.03. The summed E-state index contributed by atoms with van der Waals surface area (Å²) in [4.78, 5) is 13.0. The van der Waals surface area contributed by atoms with Gasteiger partial charge in [0.15, 0.2) is 0 Å². The number of likely N-dealkylation sites (N-methyl/N-ethyl adjacent to an activating group) is 1. The Labute approximate surface area is 84.5 Å². The molecule has 0 aliphatic carbocycles. The summed E-state index contributed by atoms with van der Waals surface area (Å²) < 4.78 is 0. The maximum absolute atomic E-state index is 11.1. The fourth-order valence-corrected chi connectivity index (χ4v) is 0.651. The van der Waals surface area contributed by atoms with Gasteiger partial charge in [-0.1, -0.05) is 0 Å². The first-order chi connectivity index (χ1) is 6.52. The number of allylic oxidation sites excluding steroid dienone is 3. The first kappa shape index (κ1) is 12.2. The van der Waals surface area contributed by atoms with Crippen molar-refractivity contribution in [2.75, 3.05) is 21.1 Å². The molecule has 0 fully saturated rings. The molecule has 4 heteroatoms. The van der Waals surface area contributed by atoms with E-state index in [1.807, 2.05) is 32.0 Å². The van der Waals surface area contributed by atoms with Crippen LogP contribution in [-0.2, 0) is 4.79 Å². The summed E-state index contributed by atoms with van der Waals surface area (Å²) in [5.41, 5.74) is 1.08. The Morgan fingerprint density at radius 3 is 2.36 bits per heavy atom. The van der Waals surface area contributed by atoms with Crippen molar-refractivity contribution >= 4 is 5.91 Å². The standard InChI is InChI=1S/C10H15N3O/c1-8(13(3)4)5-6-9(7-11)10(14)12-2/h5-6H,1-4H3,(H,12,14). The number of carbonyl (C=O) groups excluding carboxylic acids is 1. The summed E-state index contributed by atoms with van der Waals surface area (Å²) in [5, 5.41) is 11.1. The first-order valence-corrected chi connectivity index (χ1v) is 4.21. The van der Waals surface area contributed by atoms with Crippen molar-refractivity contribution in [2.45, 2.75) is 6.92 Å². The summed E-state index contributed by atoms with van der Waals surface area (Å²) in [5.74, 6) is -0.365. The highest BCUT2D eigenvalue weighted by atomic mass is 16.1. The fraction of sp³-hybridized carbons (Fsp3) is 0.400. The van der Waals surface area contributed by atoms with E-state index in [2.05, 4.69) is 5.32 Å². The third-order valence-electron chi connectivity index (χ3n) is 1.79. The monoisotopic (exact) mass is 193 g/mol. The van der Waals surface area contributed by atoms with Gasteiger partial charge in [0.25, 0.3) is 5.91 Å². The number of nitrogens with one attached hydrogen (secondary N) is 1. The van der Waals surface area contributed by atoms with Crippen molar-refractivity contribution in [1.82, 2.24) is 10.2 Å². The molecular weight excluding hydrogens is 178 g/mol. The molecule has 76 valence electrons. The second kappa shape index (κ2) is 5.81. The lowest BCUT2D eigenvalue weighted by Crippen LogP contribution is -2.19. The van der Waals surface area contributed by atoms with Gasteiger partial charge in [-0.3, -0.25) is 4.79 Å². The second-order valence-corrected chi connectivity index (χ2v) is 2.97. The van der Waals surface area contributed by atoms with Crippen LogP contribution in [0.2, 0.25) is 0 Å². The van der Waals surface area contributed by atoms with Gasteiger partial charge < -0.3 is 10.2 Å². The highest BCUT2D eigenvalue weighted by Crippen LogP contribution is 1.99. The van der Waals surface area contributed by atoms with Gasteiger partial charge in [-0.25, -0.2) is 0 Å². The van der Waals surface area contributed by atoms with E-state index in [0.29, 0.717) is 0 Å². The van der Waals surface area contributed by atoms with Crippen LogP contribution in [0.4, 0.5) is 0 Å². The number of nitrogens with zero attached hydrogens (tertiary/aromatic N) is 2. The molecule has 1 amide bonds. The average Bonchev–Trinajstić information content (AvgIpc) is 2.17. The van der Waals surface area contributed by atoms with Gasteiger partial charge in [0.05, 0.1) is 0 Å². The van der Waals surface area contributed by atoms with E-state index in [9.17, 15) is 4.79 Å². The molecule has 0 aliphatic rings. The van der Waals surface area contributed by atoms with E-state index in [1.165, 1.54) is 13.1 Å². The van der Waals surface area contributed by atoms with Crippen LogP contribution in [0.25, 0.3) is 0 Å². The van der Waals surface area contributed by atoms with Gasteiger partial charge >= 0.3 is 0 Å². The topological polar surface area (TPSA) is 56.1 Å². The smallest absolute Gasteiger partial charge is 0.261 e. The zero-order valence-corrected chi connectivity index (χ0v) is 8.96. The number of nitriles is 1. The lowest BCUT2D eigenvalue weighted by molar-refractivity contribution is -0.116. The molecule has 0 aromatic heterocycles. The highest BCUT2D eigenvalue weighted by molar-refractivity contribution is 5.97. The van der Waals surface area contributed by atoms with Gasteiger partial charge in [-0.15, -0.1) is 0 Å². The molecule has 14 heavy (non-hydrogen) atoms. The van der Waals surface area contributed by atoms with Crippen LogP contribution >= 0.6 is 0 Å². The molecule has 0 atom stereocenters. The molecule has 0 aromatic rings. The molecule has 0 rings (SSSR count). The minimum Gasteiger partial charge on any atom is -0.381 e. The van der Waals surface area contributed by atoms with E-state index >= 15 is 0 Å². The molecule has 0 heterocycles. The molecule has 0 spiro atoms. The van der Waals surface area contributed by atoms with Gasteiger partial charge in [0.2, 0.25) is 0 Å². The maximum atomic E-state index is 11.1. The summed E-state index contributed by atoms with van der Waals surface area (Å²) in [6.45, 7) is 1.90. The van der Waals surface area contributed by atoms with Crippen molar-refractivity contribution in [3.63, 3.8) is 0 Å². The Hall–Kier alpha value is -1.76. The second-order valence-electron chi connectivity index (χ2n) is 2.97. The van der Waals surface area contributed by atoms with Crippen LogP contribution < -0.4 is 5.32 Å². The molecule has 0 saturated carbocycles. The molecule has 0 aliphatic heterocycles. The van der Waals surface area contributed by atoms with Crippen molar-refractivity contribution in [3.05, 3.63) is 23.4 Å². The largest absolute Gasteiger partial charge is 0.381 e. The van der Waals surface area contributed by atoms with Crippen LogP contribution in [0.5, 0.6) is 0 Å². The molecule has 0 unspecified atom stereocenters. The first-order valence-electron chi connectivity index (χ1n) is 4.21. The van der Waals surface area contributed by atoms with E-state index in [4.69, 9.17) is 5.26 Å². The Kier molecular flexibility index (Phi) is 5.08. The average molecular weight is 193 g/mol.